The molecule has 5 heteroatoms. The normalized spacial score (nSPS) is 13.3. The number of hydrogen-bond acceptors (Lipinski definition) is 2. The summed E-state index contributed by atoms with van der Waals surface area (Å²) in [6, 6.07) is 9.18. The van der Waals surface area contributed by atoms with Gasteiger partial charge in [0.25, 0.3) is 5.91 Å². The van der Waals surface area contributed by atoms with Gasteiger partial charge in [0.2, 0.25) is 0 Å². The summed E-state index contributed by atoms with van der Waals surface area (Å²) in [5.74, 6) is -1.64. The van der Waals surface area contributed by atoms with Gasteiger partial charge in [-0.1, -0.05) is 12.1 Å². The highest BCUT2D eigenvalue weighted by molar-refractivity contribution is 5.92. The molecule has 0 saturated heterocycles. The second-order valence-electron chi connectivity index (χ2n) is 5.57. The van der Waals surface area contributed by atoms with E-state index in [0.717, 1.165) is 31.4 Å². The van der Waals surface area contributed by atoms with Crippen molar-refractivity contribution in [1.29, 1.82) is 0 Å². The van der Waals surface area contributed by atoms with Crippen molar-refractivity contribution in [3.8, 4) is 5.75 Å². The van der Waals surface area contributed by atoms with E-state index in [0.29, 0.717) is 5.75 Å². The van der Waals surface area contributed by atoms with E-state index in [9.17, 15) is 13.6 Å². The highest BCUT2D eigenvalue weighted by Crippen LogP contribution is 2.25. The van der Waals surface area contributed by atoms with Crippen molar-refractivity contribution in [2.24, 2.45) is 0 Å². The van der Waals surface area contributed by atoms with Crippen LogP contribution in [0.3, 0.4) is 0 Å². The van der Waals surface area contributed by atoms with Crippen LogP contribution >= 0.6 is 0 Å². The van der Waals surface area contributed by atoms with E-state index in [1.807, 2.05) is 18.2 Å². The first kappa shape index (κ1) is 15.5. The van der Waals surface area contributed by atoms with Crippen LogP contribution in [0.2, 0.25) is 0 Å². The van der Waals surface area contributed by atoms with Gasteiger partial charge in [-0.05, 0) is 61.1 Å². The summed E-state index contributed by atoms with van der Waals surface area (Å²) in [5, 5.41) is 2.20. The molecule has 1 amide bonds. The molecule has 120 valence electrons. The average Bonchev–Trinajstić information content (AvgIpc) is 2.56. The standard InChI is InChI=1S/C18H17F2NO2/c19-15-6-3-7-16(20)18(15)21-17(22)11-23-14-9-8-12-4-1-2-5-13(12)10-14/h3,6-10H,1-2,4-5,11H2,(H,21,22). The number of carbonyl (C=O) groups is 1. The molecule has 0 aliphatic heterocycles. The summed E-state index contributed by atoms with van der Waals surface area (Å²) in [6.07, 6.45) is 4.44. The quantitative estimate of drug-likeness (QED) is 0.930. The molecule has 2 aromatic rings. The largest absolute Gasteiger partial charge is 0.484 e. The molecule has 1 aliphatic rings. The summed E-state index contributed by atoms with van der Waals surface area (Å²) in [4.78, 5) is 11.8. The molecular formula is C18H17F2NO2. The zero-order chi connectivity index (χ0) is 16.2. The number of benzene rings is 2. The van der Waals surface area contributed by atoms with Gasteiger partial charge >= 0.3 is 0 Å². The van der Waals surface area contributed by atoms with E-state index in [2.05, 4.69) is 5.32 Å². The molecule has 0 bridgehead atoms. The fraction of sp³-hybridized carbons (Fsp3) is 0.278. The zero-order valence-corrected chi connectivity index (χ0v) is 12.6. The Bertz CT molecular complexity index is 711. The van der Waals surface area contributed by atoms with Crippen LogP contribution in [0.15, 0.2) is 36.4 Å². The highest BCUT2D eigenvalue weighted by Gasteiger charge is 2.13. The predicted octanol–water partition coefficient (Wildman–Crippen LogP) is 3.86. The second kappa shape index (κ2) is 6.77. The number of rotatable bonds is 4. The molecule has 2 aromatic carbocycles. The number of para-hydroxylation sites is 1. The van der Waals surface area contributed by atoms with Crippen LogP contribution in [-0.2, 0) is 17.6 Å². The number of hydrogen-bond donors (Lipinski definition) is 1. The third-order valence-corrected chi connectivity index (χ3v) is 3.92. The van der Waals surface area contributed by atoms with Crippen molar-refractivity contribution in [1.82, 2.24) is 0 Å². The lowest BCUT2D eigenvalue weighted by molar-refractivity contribution is -0.118. The summed E-state index contributed by atoms with van der Waals surface area (Å²) >= 11 is 0. The van der Waals surface area contributed by atoms with Crippen molar-refractivity contribution in [3.05, 3.63) is 59.2 Å². The number of halogens is 2. The zero-order valence-electron chi connectivity index (χ0n) is 12.6. The van der Waals surface area contributed by atoms with Gasteiger partial charge in [-0.25, -0.2) is 8.78 Å². The maximum atomic E-state index is 13.5. The minimum atomic E-state index is -0.813. The minimum absolute atomic E-state index is 0.299. The Hall–Kier alpha value is -2.43. The lowest BCUT2D eigenvalue weighted by Crippen LogP contribution is -2.21. The number of anilines is 1. The maximum Gasteiger partial charge on any atom is 0.262 e. The van der Waals surface area contributed by atoms with Crippen molar-refractivity contribution in [3.63, 3.8) is 0 Å². The van der Waals surface area contributed by atoms with E-state index in [4.69, 9.17) is 4.74 Å². The Balaban J connectivity index is 1.61. The molecule has 0 saturated carbocycles. The summed E-state index contributed by atoms with van der Waals surface area (Å²) < 4.78 is 32.4. The molecule has 3 nitrogen and oxygen atoms in total. The van der Waals surface area contributed by atoms with Crippen LogP contribution < -0.4 is 10.1 Å². The molecule has 1 N–H and O–H groups in total. The molecule has 0 radical (unpaired) electrons. The second-order valence-corrected chi connectivity index (χ2v) is 5.57. The smallest absolute Gasteiger partial charge is 0.262 e. The Kier molecular flexibility index (Phi) is 4.55. The van der Waals surface area contributed by atoms with Gasteiger partial charge in [0.1, 0.15) is 23.1 Å². The fourth-order valence-electron chi connectivity index (χ4n) is 2.74. The van der Waals surface area contributed by atoms with Crippen LogP contribution in [0.4, 0.5) is 14.5 Å². The van der Waals surface area contributed by atoms with Gasteiger partial charge in [0.05, 0.1) is 0 Å². The van der Waals surface area contributed by atoms with Gasteiger partial charge < -0.3 is 10.1 Å². The molecule has 23 heavy (non-hydrogen) atoms. The molecule has 0 aromatic heterocycles. The molecule has 0 atom stereocenters. The van der Waals surface area contributed by atoms with E-state index in [1.165, 1.54) is 23.6 Å². The number of nitrogens with one attached hydrogen (secondary N) is 1. The van der Waals surface area contributed by atoms with Gasteiger partial charge in [0.15, 0.2) is 6.61 Å². The first-order chi connectivity index (χ1) is 11.1. The first-order valence-electron chi connectivity index (χ1n) is 7.62. The van der Waals surface area contributed by atoms with E-state index < -0.39 is 23.2 Å². The van der Waals surface area contributed by atoms with Crippen molar-refractivity contribution in [2.45, 2.75) is 25.7 Å². The number of ether oxygens (including phenoxy) is 1. The Labute approximate surface area is 133 Å². The number of amides is 1. The Morgan fingerprint density at radius 2 is 1.74 bits per heavy atom. The van der Waals surface area contributed by atoms with E-state index in [-0.39, 0.29) is 6.61 Å². The van der Waals surface area contributed by atoms with Crippen molar-refractivity contribution >= 4 is 11.6 Å². The molecular weight excluding hydrogens is 300 g/mol. The molecule has 1 aliphatic carbocycles. The summed E-state index contributed by atoms with van der Waals surface area (Å²) in [7, 11) is 0. The lowest BCUT2D eigenvalue weighted by atomic mass is 9.92. The van der Waals surface area contributed by atoms with Gasteiger partial charge in [0, 0.05) is 0 Å². The van der Waals surface area contributed by atoms with Gasteiger partial charge in [-0.2, -0.15) is 0 Å². The molecule has 3 rings (SSSR count). The van der Waals surface area contributed by atoms with Crippen molar-refractivity contribution in [2.75, 3.05) is 11.9 Å². The maximum absolute atomic E-state index is 13.5. The van der Waals surface area contributed by atoms with Crippen LogP contribution in [0.5, 0.6) is 5.75 Å². The minimum Gasteiger partial charge on any atom is -0.484 e. The third-order valence-electron chi connectivity index (χ3n) is 3.92. The SMILES string of the molecule is O=C(COc1ccc2c(c1)CCCC2)Nc1c(F)cccc1F. The molecule has 0 spiro atoms. The fourth-order valence-corrected chi connectivity index (χ4v) is 2.74. The number of aryl methyl sites for hydroxylation is 2. The molecule has 0 heterocycles. The summed E-state index contributed by atoms with van der Waals surface area (Å²) in [5.41, 5.74) is 2.11. The Morgan fingerprint density at radius 1 is 1.04 bits per heavy atom. The number of carbonyl (C=O) groups excluding carboxylic acids is 1. The third kappa shape index (κ3) is 3.67. The van der Waals surface area contributed by atoms with Crippen LogP contribution in [0.25, 0.3) is 0 Å². The Morgan fingerprint density at radius 3 is 2.48 bits per heavy atom. The monoisotopic (exact) mass is 317 g/mol. The lowest BCUT2D eigenvalue weighted by Gasteiger charge is -2.16. The predicted molar refractivity (Wildman–Crippen MR) is 83.6 cm³/mol. The summed E-state index contributed by atoms with van der Waals surface area (Å²) in [6.45, 7) is -0.299. The van der Waals surface area contributed by atoms with Crippen LogP contribution in [0, 0.1) is 11.6 Å². The van der Waals surface area contributed by atoms with Gasteiger partial charge in [-0.3, -0.25) is 4.79 Å². The molecule has 0 unspecified atom stereocenters. The van der Waals surface area contributed by atoms with Crippen LogP contribution in [0.1, 0.15) is 24.0 Å². The number of fused-ring (bicyclic) bond motifs is 1. The van der Waals surface area contributed by atoms with Gasteiger partial charge in [-0.15, -0.1) is 0 Å². The van der Waals surface area contributed by atoms with Crippen molar-refractivity contribution < 1.29 is 18.3 Å². The highest BCUT2D eigenvalue weighted by atomic mass is 19.1. The van der Waals surface area contributed by atoms with E-state index >= 15 is 0 Å². The van der Waals surface area contributed by atoms with Crippen LogP contribution in [-0.4, -0.2) is 12.5 Å². The molecule has 0 fully saturated rings. The first-order valence-corrected chi connectivity index (χ1v) is 7.62. The van der Waals surface area contributed by atoms with E-state index in [1.54, 1.807) is 0 Å². The topological polar surface area (TPSA) is 38.3 Å². The average molecular weight is 317 g/mol.